The van der Waals surface area contributed by atoms with Crippen LogP contribution in [0.25, 0.3) is 0 Å². The summed E-state index contributed by atoms with van der Waals surface area (Å²) in [6.45, 7) is 13.9. The maximum absolute atomic E-state index is 12.4. The molecule has 1 aromatic carbocycles. The smallest absolute Gasteiger partial charge is 0.227 e. The Kier molecular flexibility index (Phi) is 12.0. The molecule has 0 spiro atoms. The Labute approximate surface area is 305 Å². The maximum atomic E-state index is 12.4. The highest BCUT2D eigenvalue weighted by atomic mass is 16.7. The number of methoxy groups -OCH3 is 1. The lowest BCUT2D eigenvalue weighted by atomic mass is 9.43. The summed E-state index contributed by atoms with van der Waals surface area (Å²) in [7, 11) is 1.49. The molecule has 3 N–H and O–H groups in total. The molecular formula is C41H66O10. The van der Waals surface area contributed by atoms with Crippen LogP contribution in [0.15, 0.2) is 30.3 Å². The van der Waals surface area contributed by atoms with E-state index in [4.69, 9.17) is 33.2 Å². The van der Waals surface area contributed by atoms with Gasteiger partial charge in [0.2, 0.25) is 5.79 Å². The van der Waals surface area contributed by atoms with E-state index in [9.17, 15) is 15.3 Å². The van der Waals surface area contributed by atoms with Crippen LogP contribution in [-0.2, 0) is 33.2 Å². The lowest BCUT2D eigenvalue weighted by molar-refractivity contribution is -0.426. The van der Waals surface area contributed by atoms with E-state index >= 15 is 0 Å². The van der Waals surface area contributed by atoms with Crippen molar-refractivity contribution in [3.8, 4) is 0 Å². The fraction of sp³-hybridized carbons (Fsp3) is 0.854. The summed E-state index contributed by atoms with van der Waals surface area (Å²) in [4.78, 5) is 0. The lowest BCUT2D eigenvalue weighted by Crippen LogP contribution is -2.77. The predicted octanol–water partition coefficient (Wildman–Crippen LogP) is 5.60. The van der Waals surface area contributed by atoms with Gasteiger partial charge in [-0.1, -0.05) is 44.2 Å². The fourth-order valence-corrected chi connectivity index (χ4v) is 11.9. The molecule has 290 valence electrons. The zero-order valence-corrected chi connectivity index (χ0v) is 32.2. The number of aliphatic hydroxyl groups is 3. The van der Waals surface area contributed by atoms with Crippen molar-refractivity contribution < 1.29 is 48.5 Å². The van der Waals surface area contributed by atoms with Gasteiger partial charge in [0, 0.05) is 44.7 Å². The largest absolute Gasteiger partial charge is 0.392 e. The molecule has 0 aromatic heterocycles. The van der Waals surface area contributed by atoms with E-state index in [-0.39, 0.29) is 42.9 Å². The van der Waals surface area contributed by atoms with Gasteiger partial charge in [-0.15, -0.1) is 0 Å². The Morgan fingerprint density at radius 3 is 2.25 bits per heavy atom. The molecule has 10 heteroatoms. The quantitative estimate of drug-likeness (QED) is 0.127. The molecule has 6 rings (SSSR count). The maximum Gasteiger partial charge on any atom is 0.227 e. The molecule has 0 bridgehead atoms. The number of aliphatic hydroxyl groups excluding tert-OH is 2. The Hall–Kier alpha value is -1.18. The monoisotopic (exact) mass is 718 g/mol. The first kappa shape index (κ1) is 39.5. The Morgan fingerprint density at radius 2 is 1.57 bits per heavy atom. The van der Waals surface area contributed by atoms with Crippen LogP contribution >= 0.6 is 0 Å². The molecule has 0 amide bonds. The van der Waals surface area contributed by atoms with Crippen molar-refractivity contribution in [1.29, 1.82) is 0 Å². The molecule has 5 fully saturated rings. The van der Waals surface area contributed by atoms with Crippen molar-refractivity contribution in [3.05, 3.63) is 35.9 Å². The van der Waals surface area contributed by atoms with Crippen LogP contribution in [0.3, 0.4) is 0 Å². The van der Waals surface area contributed by atoms with Crippen LogP contribution in [-0.4, -0.2) is 110 Å². The molecule has 10 nitrogen and oxygen atoms in total. The van der Waals surface area contributed by atoms with Crippen molar-refractivity contribution in [3.63, 3.8) is 0 Å². The van der Waals surface area contributed by atoms with Gasteiger partial charge >= 0.3 is 0 Å². The number of rotatable bonds is 14. The molecule has 51 heavy (non-hydrogen) atoms. The molecule has 0 unspecified atom stereocenters. The molecule has 1 aromatic rings. The molecule has 4 saturated carbocycles. The SMILES string of the molecule is CCOCO[C@]12C[C@@H](O)[C@H](c3ccccc3)[C@@]1(C)CC[C@H]1[C@H]2CC[C@@H]2C[C@@H](O[C@]3(COCC)O[C@@H](C)[C@H](O)[C@@H](OC)[C@@]3(O)COCC)CC[C@@]21C. The first-order valence-electron chi connectivity index (χ1n) is 19.8. The number of benzene rings is 1. The van der Waals surface area contributed by atoms with Gasteiger partial charge in [-0.25, -0.2) is 0 Å². The number of hydrogen-bond acceptors (Lipinski definition) is 10. The molecule has 1 heterocycles. The summed E-state index contributed by atoms with van der Waals surface area (Å²) >= 11 is 0. The minimum absolute atomic E-state index is 0.000220. The predicted molar refractivity (Wildman–Crippen MR) is 192 cm³/mol. The van der Waals surface area contributed by atoms with Crippen LogP contribution in [0.1, 0.15) is 104 Å². The lowest BCUT2D eigenvalue weighted by Gasteiger charge is -2.65. The zero-order chi connectivity index (χ0) is 36.7. The first-order chi connectivity index (χ1) is 24.4. The second-order valence-corrected chi connectivity index (χ2v) is 16.7. The van der Waals surface area contributed by atoms with Gasteiger partial charge in [0.15, 0.2) is 5.60 Å². The van der Waals surface area contributed by atoms with E-state index < -0.39 is 41.4 Å². The third-order valence-electron chi connectivity index (χ3n) is 14.5. The van der Waals surface area contributed by atoms with Crippen LogP contribution in [0, 0.1) is 28.6 Å². The van der Waals surface area contributed by atoms with E-state index in [2.05, 4.69) is 38.1 Å². The summed E-state index contributed by atoms with van der Waals surface area (Å²) < 4.78 is 44.0. The van der Waals surface area contributed by atoms with Gasteiger partial charge in [-0.05, 0) is 101 Å². The fourth-order valence-electron chi connectivity index (χ4n) is 11.9. The third-order valence-corrected chi connectivity index (χ3v) is 14.5. The van der Waals surface area contributed by atoms with Gasteiger partial charge in [0.05, 0.1) is 30.5 Å². The highest BCUT2D eigenvalue weighted by molar-refractivity contribution is 5.32. The zero-order valence-electron chi connectivity index (χ0n) is 32.2. The molecule has 5 aliphatic rings. The molecular weight excluding hydrogens is 652 g/mol. The Morgan fingerprint density at radius 1 is 0.863 bits per heavy atom. The second-order valence-electron chi connectivity index (χ2n) is 16.7. The summed E-state index contributed by atoms with van der Waals surface area (Å²) in [5.74, 6) is -0.467. The minimum Gasteiger partial charge on any atom is -0.392 e. The van der Waals surface area contributed by atoms with Gasteiger partial charge in [0.1, 0.15) is 25.6 Å². The standard InChI is InChI=1S/C41H66O10/c1-8-46-24-39(44)36(45-7)35(43)27(4)50-41(39,25-47-9-2)51-30-18-20-37(5)29(22-30)16-17-32-31(37)19-21-38(6)34(28-14-12-11-13-15-28)33(42)23-40(32,38)49-26-48-10-3/h11-15,27,29-36,42-44H,8-10,16-26H2,1-7H3/t27-,29+,30-,31-,32+,33+,34-,35-,36+,37-,38+,39-,40-,41-/m0/s1. The average Bonchev–Trinajstić information content (AvgIpc) is 3.35. The van der Waals surface area contributed by atoms with E-state index in [0.29, 0.717) is 44.0 Å². The van der Waals surface area contributed by atoms with Crippen molar-refractivity contribution in [2.75, 3.05) is 46.9 Å². The molecule has 1 saturated heterocycles. The van der Waals surface area contributed by atoms with Crippen LogP contribution in [0.2, 0.25) is 0 Å². The van der Waals surface area contributed by atoms with Gasteiger partial charge in [0.25, 0.3) is 0 Å². The molecule has 4 aliphatic carbocycles. The van der Waals surface area contributed by atoms with E-state index in [1.165, 1.54) is 12.7 Å². The second kappa shape index (κ2) is 15.5. The van der Waals surface area contributed by atoms with Gasteiger partial charge in [-0.3, -0.25) is 0 Å². The van der Waals surface area contributed by atoms with Gasteiger partial charge < -0.3 is 48.5 Å². The van der Waals surface area contributed by atoms with E-state index in [1.807, 2.05) is 26.8 Å². The Balaban J connectivity index is 1.28. The van der Waals surface area contributed by atoms with E-state index in [1.54, 1.807) is 6.92 Å². The topological polar surface area (TPSA) is 125 Å². The van der Waals surface area contributed by atoms with Crippen LogP contribution in [0.4, 0.5) is 0 Å². The summed E-state index contributed by atoms with van der Waals surface area (Å²) in [6, 6.07) is 10.5. The Bertz CT molecular complexity index is 1280. The number of hydrogen-bond donors (Lipinski definition) is 3. The van der Waals surface area contributed by atoms with E-state index in [0.717, 1.165) is 44.9 Å². The van der Waals surface area contributed by atoms with Crippen molar-refractivity contribution in [1.82, 2.24) is 0 Å². The van der Waals surface area contributed by atoms with Crippen LogP contribution in [0.5, 0.6) is 0 Å². The van der Waals surface area contributed by atoms with Crippen molar-refractivity contribution >= 4 is 0 Å². The van der Waals surface area contributed by atoms with Crippen molar-refractivity contribution in [2.45, 2.75) is 146 Å². The number of fused-ring (bicyclic) bond motifs is 5. The highest BCUT2D eigenvalue weighted by Crippen LogP contribution is 2.72. The van der Waals surface area contributed by atoms with Crippen molar-refractivity contribution in [2.24, 2.45) is 28.6 Å². The molecule has 1 aliphatic heterocycles. The first-order valence-corrected chi connectivity index (χ1v) is 19.8. The normalized spacial score (nSPS) is 46.7. The summed E-state index contributed by atoms with van der Waals surface area (Å²) in [6.07, 6.45) is 3.90. The third kappa shape index (κ3) is 6.45. The minimum atomic E-state index is -1.81. The summed E-state index contributed by atoms with van der Waals surface area (Å²) in [5, 5.41) is 35.4. The van der Waals surface area contributed by atoms with Gasteiger partial charge in [-0.2, -0.15) is 0 Å². The van der Waals surface area contributed by atoms with Crippen LogP contribution < -0.4 is 0 Å². The average molecular weight is 719 g/mol. The number of ether oxygens (including phenoxy) is 7. The molecule has 14 atom stereocenters. The highest BCUT2D eigenvalue weighted by Gasteiger charge is 2.71. The molecule has 0 radical (unpaired) electrons. The summed E-state index contributed by atoms with van der Waals surface area (Å²) in [5.41, 5.74) is -1.29.